The van der Waals surface area contributed by atoms with Crippen LogP contribution in [0.2, 0.25) is 0 Å². The number of hydrogen-bond donors (Lipinski definition) is 4. The molecule has 1 saturated heterocycles. The molecule has 0 aliphatic carbocycles. The van der Waals surface area contributed by atoms with E-state index in [0.717, 1.165) is 32.2 Å². The zero-order valence-electron chi connectivity index (χ0n) is 10.8. The number of piperidine rings is 1. The number of nitrogens with one attached hydrogen (secondary N) is 1. The second-order valence-electron chi connectivity index (χ2n) is 3.78. The lowest BCUT2D eigenvalue weighted by Gasteiger charge is -2.30. The Hall–Kier alpha value is -1.93. The lowest BCUT2D eigenvalue weighted by molar-refractivity contribution is 0.304. The highest BCUT2D eigenvalue weighted by molar-refractivity contribution is 5.90. The molecule has 0 spiro atoms. The lowest BCUT2D eigenvalue weighted by atomic mass is 9.98. The summed E-state index contributed by atoms with van der Waals surface area (Å²) in [6.07, 6.45) is 11.1. The molecule has 100 valence electrons. The number of aliphatic hydroxyl groups is 1. The van der Waals surface area contributed by atoms with Gasteiger partial charge in [0.15, 0.2) is 0 Å². The Morgan fingerprint density at radius 3 is 2.39 bits per heavy atom. The summed E-state index contributed by atoms with van der Waals surface area (Å²) < 4.78 is 0. The maximum absolute atomic E-state index is 8.58. The van der Waals surface area contributed by atoms with Crippen LogP contribution in [0.25, 0.3) is 0 Å². The van der Waals surface area contributed by atoms with E-state index in [-0.39, 0.29) is 5.70 Å². The van der Waals surface area contributed by atoms with Crippen LogP contribution in [0.3, 0.4) is 0 Å². The number of nitrogens with zero attached hydrogens (tertiary/aromatic N) is 1. The minimum absolute atomic E-state index is 0.239. The molecule has 1 aliphatic heterocycles. The second-order valence-corrected chi connectivity index (χ2v) is 3.78. The first kappa shape index (κ1) is 16.1. The standard InChI is InChI=1S/C12H17N3O.CH5N/c1-2-10-5-7-15(8-6-10)12(14)4-3-11(13)9-16;1-2/h1,3-4,9-10,14,16H,5-8,13H2;2H2,1H3/b4-3-,11-9-,14-12?;. The number of nitrogens with two attached hydrogens (primary N) is 2. The van der Waals surface area contributed by atoms with Gasteiger partial charge < -0.3 is 21.5 Å². The van der Waals surface area contributed by atoms with Gasteiger partial charge in [-0.2, -0.15) is 0 Å². The van der Waals surface area contributed by atoms with Crippen molar-refractivity contribution < 1.29 is 5.11 Å². The largest absolute Gasteiger partial charge is 0.513 e. The van der Waals surface area contributed by atoms with Crippen LogP contribution in [0.5, 0.6) is 0 Å². The Bertz CT molecular complexity index is 346. The van der Waals surface area contributed by atoms with Crippen molar-refractivity contribution in [3.63, 3.8) is 0 Å². The molecular weight excluding hydrogens is 228 g/mol. The molecule has 1 rings (SSSR count). The first-order valence-electron chi connectivity index (χ1n) is 5.82. The normalized spacial score (nSPS) is 16.9. The number of hydrogen-bond acceptors (Lipinski definition) is 4. The summed E-state index contributed by atoms with van der Waals surface area (Å²) in [6.45, 7) is 1.61. The van der Waals surface area contributed by atoms with Crippen molar-refractivity contribution in [1.29, 1.82) is 5.41 Å². The van der Waals surface area contributed by atoms with Gasteiger partial charge in [-0.05, 0) is 32.0 Å². The van der Waals surface area contributed by atoms with Gasteiger partial charge in [0, 0.05) is 19.0 Å². The first-order chi connectivity index (χ1) is 8.67. The SMILES string of the molecule is C#CC1CCN(C(=N)/C=C\C(N)=C\O)CC1.CN. The minimum Gasteiger partial charge on any atom is -0.513 e. The number of rotatable bonds is 2. The van der Waals surface area contributed by atoms with Crippen LogP contribution in [-0.2, 0) is 0 Å². The molecule has 5 heteroatoms. The van der Waals surface area contributed by atoms with E-state index >= 15 is 0 Å². The average molecular weight is 250 g/mol. The summed E-state index contributed by atoms with van der Waals surface area (Å²) in [5.41, 5.74) is 10.1. The molecule has 0 saturated carbocycles. The fourth-order valence-electron chi connectivity index (χ4n) is 1.61. The van der Waals surface area contributed by atoms with Crippen LogP contribution in [-0.4, -0.2) is 36.0 Å². The lowest BCUT2D eigenvalue weighted by Crippen LogP contribution is -2.36. The molecule has 1 heterocycles. The van der Waals surface area contributed by atoms with Gasteiger partial charge in [0.05, 0.1) is 5.70 Å². The second kappa shape index (κ2) is 9.14. The Kier molecular flexibility index (Phi) is 8.16. The Morgan fingerprint density at radius 2 is 1.94 bits per heavy atom. The highest BCUT2D eigenvalue weighted by Crippen LogP contribution is 2.16. The minimum atomic E-state index is 0.239. The van der Waals surface area contributed by atoms with Gasteiger partial charge in [-0.3, -0.25) is 5.41 Å². The van der Waals surface area contributed by atoms with Crippen LogP contribution in [0.15, 0.2) is 24.1 Å². The topological polar surface area (TPSA) is 99.4 Å². The van der Waals surface area contributed by atoms with Gasteiger partial charge in [0.25, 0.3) is 0 Å². The van der Waals surface area contributed by atoms with Gasteiger partial charge in [-0.1, -0.05) is 0 Å². The zero-order valence-corrected chi connectivity index (χ0v) is 10.8. The quantitative estimate of drug-likeness (QED) is 0.191. The molecule has 0 aromatic heterocycles. The van der Waals surface area contributed by atoms with Crippen molar-refractivity contribution in [1.82, 2.24) is 4.90 Å². The van der Waals surface area contributed by atoms with E-state index in [1.807, 2.05) is 4.90 Å². The van der Waals surface area contributed by atoms with Crippen LogP contribution in [0, 0.1) is 23.7 Å². The molecule has 0 atom stereocenters. The first-order valence-corrected chi connectivity index (χ1v) is 5.82. The third kappa shape index (κ3) is 5.41. The van der Waals surface area contributed by atoms with Gasteiger partial charge >= 0.3 is 0 Å². The van der Waals surface area contributed by atoms with Crippen LogP contribution in [0.1, 0.15) is 12.8 Å². The van der Waals surface area contributed by atoms with E-state index in [1.165, 1.54) is 13.1 Å². The molecule has 0 radical (unpaired) electrons. The summed E-state index contributed by atoms with van der Waals surface area (Å²) in [7, 11) is 1.50. The van der Waals surface area contributed by atoms with Crippen LogP contribution in [0.4, 0.5) is 0 Å². The Balaban J connectivity index is 0.00000137. The van der Waals surface area contributed by atoms with Gasteiger partial charge in [0.1, 0.15) is 12.1 Å². The summed E-state index contributed by atoms with van der Waals surface area (Å²) in [5, 5.41) is 16.4. The van der Waals surface area contributed by atoms with Crippen molar-refractivity contribution in [2.45, 2.75) is 12.8 Å². The van der Waals surface area contributed by atoms with Gasteiger partial charge in [0.2, 0.25) is 0 Å². The highest BCUT2D eigenvalue weighted by atomic mass is 16.2. The van der Waals surface area contributed by atoms with Crippen LogP contribution < -0.4 is 11.5 Å². The Morgan fingerprint density at radius 1 is 1.39 bits per heavy atom. The fourth-order valence-corrected chi connectivity index (χ4v) is 1.61. The monoisotopic (exact) mass is 250 g/mol. The predicted octanol–water partition coefficient (Wildman–Crippen LogP) is 0.798. The highest BCUT2D eigenvalue weighted by Gasteiger charge is 2.17. The summed E-state index contributed by atoms with van der Waals surface area (Å²) in [5.74, 6) is 3.49. The molecule has 0 bridgehead atoms. The molecule has 6 N–H and O–H groups in total. The molecule has 0 aromatic rings. The van der Waals surface area contributed by atoms with Crippen LogP contribution >= 0.6 is 0 Å². The number of allylic oxidation sites excluding steroid dienone is 1. The van der Waals surface area contributed by atoms with Crippen molar-refractivity contribution in [3.8, 4) is 12.3 Å². The third-order valence-electron chi connectivity index (χ3n) is 2.65. The van der Waals surface area contributed by atoms with E-state index in [2.05, 4.69) is 11.7 Å². The number of amidine groups is 1. The number of aliphatic hydroxyl groups excluding tert-OH is 1. The third-order valence-corrected chi connectivity index (χ3v) is 2.65. The Labute approximate surface area is 109 Å². The predicted molar refractivity (Wildman–Crippen MR) is 75.0 cm³/mol. The van der Waals surface area contributed by atoms with E-state index in [9.17, 15) is 0 Å². The van der Waals surface area contributed by atoms with Gasteiger partial charge in [-0.25, -0.2) is 0 Å². The maximum atomic E-state index is 8.58. The molecular formula is C13H22N4O. The van der Waals surface area contributed by atoms with E-state index in [1.54, 1.807) is 6.08 Å². The molecule has 1 fully saturated rings. The fraction of sp³-hybridized carbons (Fsp3) is 0.462. The summed E-state index contributed by atoms with van der Waals surface area (Å²) in [4.78, 5) is 1.95. The molecule has 1 aliphatic rings. The van der Waals surface area contributed by atoms with Crippen molar-refractivity contribution in [2.75, 3.05) is 20.1 Å². The smallest absolute Gasteiger partial charge is 0.120 e. The summed E-state index contributed by atoms with van der Waals surface area (Å²) in [6, 6.07) is 0. The summed E-state index contributed by atoms with van der Waals surface area (Å²) >= 11 is 0. The molecule has 0 amide bonds. The molecule has 18 heavy (non-hydrogen) atoms. The number of terminal acetylenes is 1. The number of likely N-dealkylation sites (tertiary alicyclic amines) is 1. The van der Waals surface area contributed by atoms with E-state index in [4.69, 9.17) is 22.7 Å². The average Bonchev–Trinajstić information content (AvgIpc) is 2.46. The maximum Gasteiger partial charge on any atom is 0.120 e. The van der Waals surface area contributed by atoms with E-state index < -0.39 is 0 Å². The van der Waals surface area contributed by atoms with Crippen molar-refractivity contribution in [2.24, 2.45) is 17.4 Å². The van der Waals surface area contributed by atoms with Gasteiger partial charge in [-0.15, -0.1) is 12.3 Å². The molecule has 0 unspecified atom stereocenters. The zero-order chi connectivity index (χ0) is 14.0. The van der Waals surface area contributed by atoms with Crippen molar-refractivity contribution >= 4 is 5.84 Å². The molecule has 0 aromatic carbocycles. The molecule has 5 nitrogen and oxygen atoms in total. The van der Waals surface area contributed by atoms with E-state index in [0.29, 0.717) is 11.8 Å². The van der Waals surface area contributed by atoms with Crippen molar-refractivity contribution in [3.05, 3.63) is 24.1 Å².